The molecule has 3 nitrogen and oxygen atoms in total. The fourth-order valence-corrected chi connectivity index (χ4v) is 1.69. The van der Waals surface area contributed by atoms with E-state index in [4.69, 9.17) is 0 Å². The van der Waals surface area contributed by atoms with Gasteiger partial charge in [0.25, 0.3) is 0 Å². The quantitative estimate of drug-likeness (QED) is 0.892. The molecule has 2 aromatic rings. The van der Waals surface area contributed by atoms with Crippen molar-refractivity contribution >= 4 is 11.6 Å². The molecule has 0 atom stereocenters. The normalized spacial score (nSPS) is 10.1. The largest absolute Gasteiger partial charge is 0.326 e. The average Bonchev–Trinajstić information content (AvgIpc) is 2.42. The van der Waals surface area contributed by atoms with Crippen LogP contribution in [0.3, 0.4) is 0 Å². The molecule has 0 unspecified atom stereocenters. The van der Waals surface area contributed by atoms with E-state index in [0.29, 0.717) is 6.42 Å². The van der Waals surface area contributed by atoms with Crippen LogP contribution in [0.5, 0.6) is 0 Å². The van der Waals surface area contributed by atoms with E-state index in [1.807, 2.05) is 43.3 Å². The summed E-state index contributed by atoms with van der Waals surface area (Å²) in [7, 11) is 0. The summed E-state index contributed by atoms with van der Waals surface area (Å²) in [4.78, 5) is 15.2. The predicted octanol–water partition coefficient (Wildman–Crippen LogP) is 3.02. The lowest BCUT2D eigenvalue weighted by Gasteiger charge is -2.05. The van der Waals surface area contributed by atoms with Crippen molar-refractivity contribution in [3.8, 4) is 0 Å². The summed E-state index contributed by atoms with van der Waals surface area (Å²) in [5.41, 5.74) is 3.30. The molecule has 0 aliphatic carbocycles. The van der Waals surface area contributed by atoms with Gasteiger partial charge >= 0.3 is 0 Å². The fourth-order valence-electron chi connectivity index (χ4n) is 1.69. The van der Waals surface area contributed by atoms with Gasteiger partial charge in [-0.3, -0.25) is 9.78 Å². The maximum absolute atomic E-state index is 11.2. The third-order valence-electron chi connectivity index (χ3n) is 2.72. The van der Waals surface area contributed by atoms with Crippen LogP contribution in [0.15, 0.2) is 48.8 Å². The standard InChI is InChI=1S/C15H16N2O/c1-2-15(18)17-14-5-3-12(4-6-14)11-13-7-9-16-10-8-13/h3-10H,2,11H2,1H3,(H,17,18). The Morgan fingerprint density at radius 1 is 1.06 bits per heavy atom. The molecule has 0 aliphatic rings. The summed E-state index contributed by atoms with van der Waals surface area (Å²) in [6.07, 6.45) is 4.97. The van der Waals surface area contributed by atoms with Gasteiger partial charge in [0, 0.05) is 24.5 Å². The van der Waals surface area contributed by atoms with E-state index >= 15 is 0 Å². The Hall–Kier alpha value is -2.16. The van der Waals surface area contributed by atoms with Crippen LogP contribution in [-0.2, 0) is 11.2 Å². The molecule has 0 spiro atoms. The Morgan fingerprint density at radius 2 is 1.67 bits per heavy atom. The molecule has 1 amide bonds. The molecule has 1 aromatic heterocycles. The van der Waals surface area contributed by atoms with Gasteiger partial charge < -0.3 is 5.32 Å². The molecule has 0 saturated heterocycles. The SMILES string of the molecule is CCC(=O)Nc1ccc(Cc2ccncc2)cc1. The molecule has 0 saturated carbocycles. The minimum absolute atomic E-state index is 0.0388. The lowest BCUT2D eigenvalue weighted by Crippen LogP contribution is -2.09. The zero-order chi connectivity index (χ0) is 12.8. The van der Waals surface area contributed by atoms with Crippen molar-refractivity contribution in [1.29, 1.82) is 0 Å². The predicted molar refractivity (Wildman–Crippen MR) is 72.4 cm³/mol. The number of hydrogen-bond donors (Lipinski definition) is 1. The number of rotatable bonds is 4. The second-order valence-electron chi connectivity index (χ2n) is 4.13. The highest BCUT2D eigenvalue weighted by molar-refractivity contribution is 5.90. The van der Waals surface area contributed by atoms with Gasteiger partial charge in [0.2, 0.25) is 5.91 Å². The van der Waals surface area contributed by atoms with Crippen LogP contribution < -0.4 is 5.32 Å². The number of nitrogens with zero attached hydrogens (tertiary/aromatic N) is 1. The van der Waals surface area contributed by atoms with Crippen LogP contribution in [0, 0.1) is 0 Å². The first-order chi connectivity index (χ1) is 8.78. The van der Waals surface area contributed by atoms with Crippen LogP contribution in [0.2, 0.25) is 0 Å². The summed E-state index contributed by atoms with van der Waals surface area (Å²) < 4.78 is 0. The topological polar surface area (TPSA) is 42.0 Å². The minimum Gasteiger partial charge on any atom is -0.326 e. The number of nitrogens with one attached hydrogen (secondary N) is 1. The monoisotopic (exact) mass is 240 g/mol. The van der Waals surface area contributed by atoms with E-state index in [1.165, 1.54) is 11.1 Å². The van der Waals surface area contributed by atoms with Crippen LogP contribution in [0.4, 0.5) is 5.69 Å². The van der Waals surface area contributed by atoms with Crippen molar-refractivity contribution in [2.45, 2.75) is 19.8 Å². The minimum atomic E-state index is 0.0388. The lowest BCUT2D eigenvalue weighted by molar-refractivity contribution is -0.115. The Morgan fingerprint density at radius 3 is 2.28 bits per heavy atom. The maximum atomic E-state index is 11.2. The first-order valence-electron chi connectivity index (χ1n) is 6.05. The number of amides is 1. The number of benzene rings is 1. The highest BCUT2D eigenvalue weighted by Crippen LogP contribution is 2.13. The zero-order valence-corrected chi connectivity index (χ0v) is 10.4. The number of carbonyl (C=O) groups excluding carboxylic acids is 1. The van der Waals surface area contributed by atoms with Crippen molar-refractivity contribution in [3.05, 3.63) is 59.9 Å². The van der Waals surface area contributed by atoms with Crippen LogP contribution in [0.25, 0.3) is 0 Å². The van der Waals surface area contributed by atoms with Crippen LogP contribution >= 0.6 is 0 Å². The molecule has 0 fully saturated rings. The van der Waals surface area contributed by atoms with Gasteiger partial charge in [-0.25, -0.2) is 0 Å². The Labute approximate surface area is 107 Å². The molecular formula is C15H16N2O. The zero-order valence-electron chi connectivity index (χ0n) is 10.4. The van der Waals surface area contributed by atoms with Gasteiger partial charge in [-0.2, -0.15) is 0 Å². The van der Waals surface area contributed by atoms with E-state index in [0.717, 1.165) is 12.1 Å². The van der Waals surface area contributed by atoms with Crippen molar-refractivity contribution in [2.24, 2.45) is 0 Å². The molecular weight excluding hydrogens is 224 g/mol. The second-order valence-corrected chi connectivity index (χ2v) is 4.13. The highest BCUT2D eigenvalue weighted by atomic mass is 16.1. The molecule has 3 heteroatoms. The van der Waals surface area contributed by atoms with Gasteiger partial charge in [0.05, 0.1) is 0 Å². The summed E-state index contributed by atoms with van der Waals surface area (Å²) in [5, 5.41) is 2.83. The van der Waals surface area contributed by atoms with Crippen molar-refractivity contribution in [2.75, 3.05) is 5.32 Å². The molecule has 92 valence electrons. The van der Waals surface area contributed by atoms with Crippen molar-refractivity contribution < 1.29 is 4.79 Å². The van der Waals surface area contributed by atoms with Crippen LogP contribution in [0.1, 0.15) is 24.5 Å². The smallest absolute Gasteiger partial charge is 0.224 e. The molecule has 0 bridgehead atoms. The van der Waals surface area contributed by atoms with Gasteiger partial charge in [0.15, 0.2) is 0 Å². The second kappa shape index (κ2) is 5.96. The Kier molecular flexibility index (Phi) is 4.07. The molecule has 0 radical (unpaired) electrons. The third-order valence-corrected chi connectivity index (χ3v) is 2.72. The number of hydrogen-bond acceptors (Lipinski definition) is 2. The van der Waals surface area contributed by atoms with E-state index in [-0.39, 0.29) is 5.91 Å². The first-order valence-corrected chi connectivity index (χ1v) is 6.05. The van der Waals surface area contributed by atoms with Crippen molar-refractivity contribution in [1.82, 2.24) is 4.98 Å². The molecule has 0 aliphatic heterocycles. The van der Waals surface area contributed by atoms with Crippen LogP contribution in [-0.4, -0.2) is 10.9 Å². The number of carbonyl (C=O) groups is 1. The molecule has 2 rings (SSSR count). The molecule has 18 heavy (non-hydrogen) atoms. The summed E-state index contributed by atoms with van der Waals surface area (Å²) in [5.74, 6) is 0.0388. The van der Waals surface area contributed by atoms with E-state index in [2.05, 4.69) is 10.3 Å². The van der Waals surface area contributed by atoms with E-state index in [9.17, 15) is 4.79 Å². The summed E-state index contributed by atoms with van der Waals surface area (Å²) in [6, 6.07) is 11.9. The summed E-state index contributed by atoms with van der Waals surface area (Å²) >= 11 is 0. The van der Waals surface area contributed by atoms with E-state index < -0.39 is 0 Å². The Balaban J connectivity index is 2.02. The number of aromatic nitrogens is 1. The van der Waals surface area contributed by atoms with Crippen molar-refractivity contribution in [3.63, 3.8) is 0 Å². The Bertz CT molecular complexity index is 506. The first kappa shape index (κ1) is 12.3. The fraction of sp³-hybridized carbons (Fsp3) is 0.200. The van der Waals surface area contributed by atoms with Gasteiger partial charge in [-0.1, -0.05) is 19.1 Å². The number of pyridine rings is 1. The maximum Gasteiger partial charge on any atom is 0.224 e. The van der Waals surface area contributed by atoms with Gasteiger partial charge in [0.1, 0.15) is 0 Å². The van der Waals surface area contributed by atoms with E-state index in [1.54, 1.807) is 12.4 Å². The number of anilines is 1. The summed E-state index contributed by atoms with van der Waals surface area (Å²) in [6.45, 7) is 1.84. The molecule has 1 aromatic carbocycles. The third kappa shape index (κ3) is 3.42. The lowest BCUT2D eigenvalue weighted by atomic mass is 10.1. The average molecular weight is 240 g/mol. The molecule has 1 N–H and O–H groups in total. The van der Waals surface area contributed by atoms with Gasteiger partial charge in [-0.15, -0.1) is 0 Å². The highest BCUT2D eigenvalue weighted by Gasteiger charge is 1.99. The van der Waals surface area contributed by atoms with Gasteiger partial charge in [-0.05, 0) is 41.8 Å². The molecule has 1 heterocycles.